The predicted molar refractivity (Wildman–Crippen MR) is 86.7 cm³/mol. The average molecular weight is 268 g/mol. The molecule has 0 nitrogen and oxygen atoms in total. The molecule has 0 aliphatic heterocycles. The van der Waals surface area contributed by atoms with E-state index in [-0.39, 0.29) is 5.41 Å². The number of allylic oxidation sites excluding steroid dienone is 2. The fourth-order valence-electron chi connectivity index (χ4n) is 2.22. The summed E-state index contributed by atoms with van der Waals surface area (Å²) in [5.74, 6) is 0. The second kappa shape index (κ2) is 5.58. The van der Waals surface area contributed by atoms with Crippen LogP contribution in [0.25, 0.3) is 6.08 Å². The minimum absolute atomic E-state index is 0.0426. The first-order chi connectivity index (χ1) is 9.01. The maximum atomic E-state index is 4.26. The monoisotopic (exact) mass is 268 g/mol. The van der Waals surface area contributed by atoms with Crippen molar-refractivity contribution >= 4 is 17.4 Å². The van der Waals surface area contributed by atoms with Crippen LogP contribution in [0.4, 0.5) is 0 Å². The molecule has 0 spiro atoms. The molecule has 98 valence electrons. The third-order valence-corrected chi connectivity index (χ3v) is 4.45. The predicted octanol–water partition coefficient (Wildman–Crippen LogP) is 5.60. The second-order valence-electron chi connectivity index (χ2n) is 5.31. The van der Waals surface area contributed by atoms with Crippen molar-refractivity contribution in [3.63, 3.8) is 0 Å². The number of benzene rings is 1. The lowest BCUT2D eigenvalue weighted by Crippen LogP contribution is -2.19. The van der Waals surface area contributed by atoms with Crippen molar-refractivity contribution in [2.24, 2.45) is 0 Å². The topological polar surface area (TPSA) is 0 Å². The van der Waals surface area contributed by atoms with Crippen LogP contribution in [0.2, 0.25) is 0 Å². The Morgan fingerprint density at radius 3 is 2.53 bits per heavy atom. The summed E-state index contributed by atoms with van der Waals surface area (Å²) in [5.41, 5.74) is 3.75. The van der Waals surface area contributed by atoms with Crippen LogP contribution in [0.3, 0.4) is 0 Å². The van der Waals surface area contributed by atoms with Crippen molar-refractivity contribution in [2.45, 2.75) is 26.2 Å². The fourth-order valence-corrected chi connectivity index (χ4v) is 2.84. The SMILES string of the molecule is C=C(/C=C/c1cccs1)C(C)(C)c1ccccc1C. The van der Waals surface area contributed by atoms with Gasteiger partial charge in [0.2, 0.25) is 0 Å². The van der Waals surface area contributed by atoms with E-state index in [4.69, 9.17) is 0 Å². The van der Waals surface area contributed by atoms with Gasteiger partial charge in [-0.25, -0.2) is 0 Å². The molecule has 1 heteroatoms. The molecule has 0 unspecified atom stereocenters. The first kappa shape index (κ1) is 13.8. The van der Waals surface area contributed by atoms with Gasteiger partial charge >= 0.3 is 0 Å². The maximum Gasteiger partial charge on any atom is 0.0270 e. The largest absolute Gasteiger partial charge is 0.144 e. The Morgan fingerprint density at radius 1 is 1.16 bits per heavy atom. The highest BCUT2D eigenvalue weighted by Crippen LogP contribution is 2.33. The third kappa shape index (κ3) is 3.05. The maximum absolute atomic E-state index is 4.26. The van der Waals surface area contributed by atoms with Crippen LogP contribution in [-0.2, 0) is 5.41 Å². The van der Waals surface area contributed by atoms with Crippen LogP contribution in [0, 0.1) is 6.92 Å². The smallest absolute Gasteiger partial charge is 0.0270 e. The van der Waals surface area contributed by atoms with E-state index < -0.39 is 0 Å². The quantitative estimate of drug-likeness (QED) is 0.633. The van der Waals surface area contributed by atoms with Crippen molar-refractivity contribution in [1.29, 1.82) is 0 Å². The van der Waals surface area contributed by atoms with Gasteiger partial charge in [-0.1, -0.05) is 56.8 Å². The highest BCUT2D eigenvalue weighted by molar-refractivity contribution is 7.10. The van der Waals surface area contributed by atoms with Gasteiger partial charge in [0, 0.05) is 10.3 Å². The first-order valence-corrected chi connectivity index (χ1v) is 7.37. The molecule has 0 N–H and O–H groups in total. The molecule has 0 aliphatic carbocycles. The number of rotatable bonds is 4. The lowest BCUT2D eigenvalue weighted by atomic mass is 9.76. The first-order valence-electron chi connectivity index (χ1n) is 6.49. The van der Waals surface area contributed by atoms with E-state index in [2.05, 4.69) is 81.3 Å². The Balaban J connectivity index is 2.25. The Bertz CT molecular complexity index is 586. The van der Waals surface area contributed by atoms with Crippen LogP contribution in [0.15, 0.2) is 60.0 Å². The van der Waals surface area contributed by atoms with E-state index in [1.165, 1.54) is 16.0 Å². The normalized spacial score (nSPS) is 11.9. The fraction of sp³-hybridized carbons (Fsp3) is 0.222. The van der Waals surface area contributed by atoms with Gasteiger partial charge in [0.15, 0.2) is 0 Å². The van der Waals surface area contributed by atoms with Crippen molar-refractivity contribution in [3.8, 4) is 0 Å². The zero-order chi connectivity index (χ0) is 13.9. The average Bonchev–Trinajstić information content (AvgIpc) is 2.89. The summed E-state index contributed by atoms with van der Waals surface area (Å²) in [6.07, 6.45) is 4.28. The molecule has 0 saturated heterocycles. The van der Waals surface area contributed by atoms with Gasteiger partial charge in [0.25, 0.3) is 0 Å². The van der Waals surface area contributed by atoms with Crippen LogP contribution in [-0.4, -0.2) is 0 Å². The van der Waals surface area contributed by atoms with Crippen molar-refractivity contribution in [3.05, 3.63) is 76.0 Å². The molecule has 1 aromatic heterocycles. The van der Waals surface area contributed by atoms with Crippen LogP contribution in [0.5, 0.6) is 0 Å². The molecule has 2 aromatic rings. The molecule has 0 aliphatic rings. The molecule has 0 amide bonds. The van der Waals surface area contributed by atoms with Gasteiger partial charge in [-0.05, 0) is 41.1 Å². The van der Waals surface area contributed by atoms with E-state index in [1.807, 2.05) is 0 Å². The van der Waals surface area contributed by atoms with Crippen molar-refractivity contribution in [2.75, 3.05) is 0 Å². The van der Waals surface area contributed by atoms with Gasteiger partial charge in [-0.3, -0.25) is 0 Å². The number of aryl methyl sites for hydroxylation is 1. The molecule has 19 heavy (non-hydrogen) atoms. The van der Waals surface area contributed by atoms with E-state index in [1.54, 1.807) is 11.3 Å². The summed E-state index contributed by atoms with van der Waals surface area (Å²) in [7, 11) is 0. The molecular formula is C18H20S. The number of thiophene rings is 1. The highest BCUT2D eigenvalue weighted by Gasteiger charge is 2.23. The molecular weight excluding hydrogens is 248 g/mol. The Labute approximate surface area is 120 Å². The number of hydrogen-bond donors (Lipinski definition) is 0. The summed E-state index contributed by atoms with van der Waals surface area (Å²) in [4.78, 5) is 1.27. The second-order valence-corrected chi connectivity index (χ2v) is 6.29. The van der Waals surface area contributed by atoms with Crippen LogP contribution in [0.1, 0.15) is 29.9 Å². The van der Waals surface area contributed by atoms with E-state index in [0.717, 1.165) is 5.57 Å². The molecule has 0 fully saturated rings. The molecule has 1 heterocycles. The summed E-state index contributed by atoms with van der Waals surface area (Å²) < 4.78 is 0. The van der Waals surface area contributed by atoms with Gasteiger partial charge in [-0.15, -0.1) is 11.3 Å². The molecule has 0 radical (unpaired) electrons. The van der Waals surface area contributed by atoms with Crippen LogP contribution >= 0.6 is 11.3 Å². The number of hydrogen-bond acceptors (Lipinski definition) is 1. The van der Waals surface area contributed by atoms with Crippen molar-refractivity contribution < 1.29 is 0 Å². The molecule has 0 atom stereocenters. The molecule has 0 bridgehead atoms. The van der Waals surface area contributed by atoms with Crippen molar-refractivity contribution in [1.82, 2.24) is 0 Å². The lowest BCUT2D eigenvalue weighted by Gasteiger charge is -2.28. The van der Waals surface area contributed by atoms with Crippen LogP contribution < -0.4 is 0 Å². The van der Waals surface area contributed by atoms with Gasteiger partial charge in [0.1, 0.15) is 0 Å². The Hall–Kier alpha value is -1.60. The zero-order valence-electron chi connectivity index (χ0n) is 11.8. The summed E-state index contributed by atoms with van der Waals surface area (Å²) in [5, 5.41) is 2.09. The molecule has 1 aromatic carbocycles. The van der Waals surface area contributed by atoms with Gasteiger partial charge in [0.05, 0.1) is 0 Å². The summed E-state index contributed by atoms with van der Waals surface area (Å²) in [6, 6.07) is 12.7. The Kier molecular flexibility index (Phi) is 4.06. The zero-order valence-corrected chi connectivity index (χ0v) is 12.6. The van der Waals surface area contributed by atoms with E-state index >= 15 is 0 Å². The van der Waals surface area contributed by atoms with Gasteiger partial charge in [-0.2, -0.15) is 0 Å². The minimum Gasteiger partial charge on any atom is -0.144 e. The summed E-state index contributed by atoms with van der Waals surface area (Å²) in [6.45, 7) is 10.9. The molecule has 2 rings (SSSR count). The Morgan fingerprint density at radius 2 is 1.89 bits per heavy atom. The van der Waals surface area contributed by atoms with Gasteiger partial charge < -0.3 is 0 Å². The molecule has 0 saturated carbocycles. The van der Waals surface area contributed by atoms with E-state index in [9.17, 15) is 0 Å². The third-order valence-electron chi connectivity index (χ3n) is 3.61. The highest BCUT2D eigenvalue weighted by atomic mass is 32.1. The van der Waals surface area contributed by atoms with E-state index in [0.29, 0.717) is 0 Å². The lowest BCUT2D eigenvalue weighted by molar-refractivity contribution is 0.637. The summed E-state index contributed by atoms with van der Waals surface area (Å²) >= 11 is 1.75. The minimum atomic E-state index is -0.0426. The standard InChI is InChI=1S/C18H20S/c1-14-8-5-6-10-17(14)18(3,4)15(2)11-12-16-9-7-13-19-16/h5-13H,2H2,1,3-4H3/b12-11+.